The number of amides is 1. The van der Waals surface area contributed by atoms with Crippen LogP contribution >= 0.6 is 22.9 Å². The molecule has 4 rings (SSSR count). The molecule has 2 heterocycles. The number of fused-ring (bicyclic) bond motifs is 1. The zero-order valence-corrected chi connectivity index (χ0v) is 17.5. The number of ether oxygens (including phenoxy) is 1. The van der Waals surface area contributed by atoms with E-state index in [-0.39, 0.29) is 5.91 Å². The predicted octanol–water partition coefficient (Wildman–Crippen LogP) is 4.97. The van der Waals surface area contributed by atoms with Crippen molar-refractivity contribution in [3.05, 3.63) is 76.4 Å². The molecule has 0 aliphatic heterocycles. The average molecular weight is 426 g/mol. The van der Waals surface area contributed by atoms with Crippen LogP contribution in [0.15, 0.2) is 60.1 Å². The van der Waals surface area contributed by atoms with Gasteiger partial charge in [0.1, 0.15) is 5.75 Å². The van der Waals surface area contributed by atoms with Gasteiger partial charge in [-0.25, -0.2) is 4.98 Å². The third-order valence-corrected chi connectivity index (χ3v) is 5.97. The quantitative estimate of drug-likeness (QED) is 0.454. The second-order valence-corrected chi connectivity index (χ2v) is 7.85. The first-order chi connectivity index (χ1) is 14.1. The highest BCUT2D eigenvalue weighted by atomic mass is 35.5. The number of benzene rings is 2. The Balaban J connectivity index is 1.40. The van der Waals surface area contributed by atoms with Crippen LogP contribution in [0.1, 0.15) is 17.7 Å². The number of carbonyl (C=O) groups is 1. The largest absolute Gasteiger partial charge is 0.497 e. The summed E-state index contributed by atoms with van der Waals surface area (Å²) in [5.41, 5.74) is 3.93. The third kappa shape index (κ3) is 4.44. The van der Waals surface area contributed by atoms with E-state index >= 15 is 0 Å². The zero-order chi connectivity index (χ0) is 20.2. The molecular formula is C22H20ClN3O2S. The van der Waals surface area contributed by atoms with Crippen molar-refractivity contribution in [2.75, 3.05) is 7.11 Å². The lowest BCUT2D eigenvalue weighted by Gasteiger charge is -2.06. The zero-order valence-electron chi connectivity index (χ0n) is 15.9. The van der Waals surface area contributed by atoms with Crippen LogP contribution in [0.2, 0.25) is 5.02 Å². The van der Waals surface area contributed by atoms with Crippen molar-refractivity contribution in [2.45, 2.75) is 19.4 Å². The number of thiazole rings is 1. The van der Waals surface area contributed by atoms with E-state index in [0.29, 0.717) is 24.4 Å². The highest BCUT2D eigenvalue weighted by Crippen LogP contribution is 2.25. The molecule has 1 amide bonds. The molecule has 2 aromatic carbocycles. The summed E-state index contributed by atoms with van der Waals surface area (Å²) in [7, 11) is 1.65. The average Bonchev–Trinajstić information content (AvgIpc) is 3.33. The molecule has 7 heteroatoms. The lowest BCUT2D eigenvalue weighted by molar-refractivity contribution is -0.121. The minimum atomic E-state index is -0.000220. The number of rotatable bonds is 7. The van der Waals surface area contributed by atoms with Gasteiger partial charge in [-0.3, -0.25) is 9.20 Å². The van der Waals surface area contributed by atoms with Crippen LogP contribution in [0.3, 0.4) is 0 Å². The van der Waals surface area contributed by atoms with Gasteiger partial charge in [-0.2, -0.15) is 0 Å². The van der Waals surface area contributed by atoms with E-state index in [4.69, 9.17) is 21.3 Å². The maximum absolute atomic E-state index is 12.3. The Kier molecular flexibility index (Phi) is 5.83. The summed E-state index contributed by atoms with van der Waals surface area (Å²) in [4.78, 5) is 17.9. The molecule has 0 saturated heterocycles. The van der Waals surface area contributed by atoms with Crippen LogP contribution < -0.4 is 10.1 Å². The topological polar surface area (TPSA) is 55.6 Å². The molecule has 0 spiro atoms. The molecule has 5 nitrogen and oxygen atoms in total. The monoisotopic (exact) mass is 425 g/mol. The van der Waals surface area contributed by atoms with Crippen molar-refractivity contribution in [2.24, 2.45) is 0 Å². The minimum Gasteiger partial charge on any atom is -0.497 e. The molecule has 0 aliphatic carbocycles. The predicted molar refractivity (Wildman–Crippen MR) is 117 cm³/mol. The second-order valence-electron chi connectivity index (χ2n) is 6.60. The summed E-state index contributed by atoms with van der Waals surface area (Å²) in [5, 5.41) is 5.66. The number of nitrogens with one attached hydrogen (secondary N) is 1. The Hall–Kier alpha value is -2.83. The number of methoxy groups -OCH3 is 1. The first kappa shape index (κ1) is 19.5. The van der Waals surface area contributed by atoms with Crippen molar-refractivity contribution < 1.29 is 9.53 Å². The number of halogens is 1. The molecule has 0 fully saturated rings. The van der Waals surface area contributed by atoms with Crippen LogP contribution in [-0.2, 0) is 17.8 Å². The number of aryl methyl sites for hydroxylation is 1. The standard InChI is InChI=1S/C22H20ClN3O2S/c1-28-18-9-6-15(7-10-18)20-13-26-17(14-29-22(26)25-20)8-11-21(27)24-12-16-4-2-3-5-19(16)23/h2-7,9-10,13-14H,8,11-12H2,1H3,(H,24,27). The molecule has 0 unspecified atom stereocenters. The van der Waals surface area contributed by atoms with E-state index in [0.717, 1.165) is 33.2 Å². The Morgan fingerprint density at radius 1 is 1.21 bits per heavy atom. The molecule has 0 bridgehead atoms. The number of hydrogen-bond donors (Lipinski definition) is 1. The molecule has 0 aliphatic rings. The molecule has 0 radical (unpaired) electrons. The van der Waals surface area contributed by atoms with Crippen molar-refractivity contribution in [1.82, 2.24) is 14.7 Å². The maximum Gasteiger partial charge on any atom is 0.220 e. The van der Waals surface area contributed by atoms with Crippen LogP contribution in [0.5, 0.6) is 5.75 Å². The Labute approximate surface area is 177 Å². The fourth-order valence-electron chi connectivity index (χ4n) is 3.08. The molecule has 1 N–H and O–H groups in total. The van der Waals surface area contributed by atoms with Crippen LogP contribution in [0.25, 0.3) is 16.2 Å². The summed E-state index contributed by atoms with van der Waals surface area (Å²) in [6, 6.07) is 15.4. The number of hydrogen-bond acceptors (Lipinski definition) is 4. The van der Waals surface area contributed by atoms with Gasteiger partial charge in [0, 0.05) is 40.8 Å². The van der Waals surface area contributed by atoms with E-state index in [2.05, 4.69) is 15.1 Å². The van der Waals surface area contributed by atoms with Gasteiger partial charge < -0.3 is 10.1 Å². The van der Waals surface area contributed by atoms with Gasteiger partial charge >= 0.3 is 0 Å². The van der Waals surface area contributed by atoms with E-state index in [1.54, 1.807) is 18.4 Å². The van der Waals surface area contributed by atoms with Gasteiger partial charge in [-0.1, -0.05) is 29.8 Å². The number of imidazole rings is 1. The van der Waals surface area contributed by atoms with Gasteiger partial charge in [0.15, 0.2) is 4.96 Å². The van der Waals surface area contributed by atoms with Gasteiger partial charge in [0.2, 0.25) is 5.91 Å². The van der Waals surface area contributed by atoms with Gasteiger partial charge in [0.05, 0.1) is 12.8 Å². The molecule has 29 heavy (non-hydrogen) atoms. The third-order valence-electron chi connectivity index (χ3n) is 4.71. The van der Waals surface area contributed by atoms with Gasteiger partial charge in [0.25, 0.3) is 0 Å². The molecule has 0 atom stereocenters. The van der Waals surface area contributed by atoms with Crippen LogP contribution in [-0.4, -0.2) is 22.4 Å². The smallest absolute Gasteiger partial charge is 0.220 e. The fourth-order valence-corrected chi connectivity index (χ4v) is 4.19. The highest BCUT2D eigenvalue weighted by molar-refractivity contribution is 7.15. The van der Waals surface area contributed by atoms with Crippen molar-refractivity contribution in [3.8, 4) is 17.0 Å². The van der Waals surface area contributed by atoms with Crippen molar-refractivity contribution in [1.29, 1.82) is 0 Å². The van der Waals surface area contributed by atoms with E-state index in [1.165, 1.54) is 0 Å². The van der Waals surface area contributed by atoms with E-state index in [1.807, 2.05) is 54.7 Å². The molecule has 4 aromatic rings. The fraction of sp³-hybridized carbons (Fsp3) is 0.182. The highest BCUT2D eigenvalue weighted by Gasteiger charge is 2.11. The molecule has 2 aromatic heterocycles. The molecule has 148 valence electrons. The number of aromatic nitrogens is 2. The molecule has 0 saturated carbocycles. The Bertz CT molecular complexity index is 1130. The Morgan fingerprint density at radius 3 is 2.76 bits per heavy atom. The van der Waals surface area contributed by atoms with Crippen molar-refractivity contribution >= 4 is 33.8 Å². The summed E-state index contributed by atoms with van der Waals surface area (Å²) < 4.78 is 7.27. The van der Waals surface area contributed by atoms with E-state index < -0.39 is 0 Å². The number of carbonyl (C=O) groups excluding carboxylic acids is 1. The molecular weight excluding hydrogens is 406 g/mol. The normalized spacial score (nSPS) is 11.0. The summed E-state index contributed by atoms with van der Waals surface area (Å²) >= 11 is 7.71. The number of nitrogens with zero attached hydrogens (tertiary/aromatic N) is 2. The summed E-state index contributed by atoms with van der Waals surface area (Å²) in [6.45, 7) is 0.435. The lowest BCUT2D eigenvalue weighted by atomic mass is 10.1. The SMILES string of the molecule is COc1ccc(-c2cn3c(CCC(=O)NCc4ccccc4Cl)csc3n2)cc1. The van der Waals surface area contributed by atoms with Crippen LogP contribution in [0.4, 0.5) is 0 Å². The first-order valence-corrected chi connectivity index (χ1v) is 10.5. The first-order valence-electron chi connectivity index (χ1n) is 9.24. The second kappa shape index (κ2) is 8.68. The Morgan fingerprint density at radius 2 is 2.00 bits per heavy atom. The van der Waals surface area contributed by atoms with Crippen LogP contribution in [0, 0.1) is 0 Å². The summed E-state index contributed by atoms with van der Waals surface area (Å²) in [6.07, 6.45) is 3.07. The van der Waals surface area contributed by atoms with Gasteiger partial charge in [-0.05, 0) is 42.3 Å². The minimum absolute atomic E-state index is 0.000220. The maximum atomic E-state index is 12.3. The van der Waals surface area contributed by atoms with Crippen molar-refractivity contribution in [3.63, 3.8) is 0 Å². The van der Waals surface area contributed by atoms with E-state index in [9.17, 15) is 4.79 Å². The van der Waals surface area contributed by atoms with Gasteiger partial charge in [-0.15, -0.1) is 11.3 Å². The lowest BCUT2D eigenvalue weighted by Crippen LogP contribution is -2.23. The summed E-state index contributed by atoms with van der Waals surface area (Å²) in [5.74, 6) is 0.818.